The van der Waals surface area contributed by atoms with Crippen LogP contribution in [0.1, 0.15) is 6.42 Å². The number of hydrogen-bond donors (Lipinski definition) is 0. The van der Waals surface area contributed by atoms with Gasteiger partial charge in [-0.15, -0.1) is 3.89 Å². The molecule has 0 radical (unpaired) electrons. The summed E-state index contributed by atoms with van der Waals surface area (Å²) in [5.74, 6) is -0.462. The first-order chi connectivity index (χ1) is 10.4. The summed E-state index contributed by atoms with van der Waals surface area (Å²) in [5, 5.41) is 2.91. The number of rotatable bonds is 3. The molecule has 1 amide bonds. The normalized spacial score (nSPS) is 18.9. The summed E-state index contributed by atoms with van der Waals surface area (Å²) < 4.78 is 36.4. The second kappa shape index (κ2) is 5.33. The Morgan fingerprint density at radius 3 is 2.68 bits per heavy atom. The lowest BCUT2D eigenvalue weighted by Crippen LogP contribution is -2.26. The molecule has 0 saturated carbocycles. The SMILES string of the molecule is O=C1CC(S(=O)(=O)F)CN1c1ccc(-n2cncn2)c(Cl)c1. The summed E-state index contributed by atoms with van der Waals surface area (Å²) in [4.78, 5) is 16.9. The smallest absolute Gasteiger partial charge is 0.307 e. The monoisotopic (exact) mass is 344 g/mol. The van der Waals surface area contributed by atoms with Crippen molar-refractivity contribution in [2.75, 3.05) is 11.4 Å². The van der Waals surface area contributed by atoms with Crippen LogP contribution in [-0.2, 0) is 15.0 Å². The van der Waals surface area contributed by atoms with Crippen molar-refractivity contribution in [1.82, 2.24) is 14.8 Å². The van der Waals surface area contributed by atoms with Crippen LogP contribution in [0.3, 0.4) is 0 Å². The van der Waals surface area contributed by atoms with Gasteiger partial charge in [0, 0.05) is 18.7 Å². The number of benzene rings is 1. The predicted octanol–water partition coefficient (Wildman–Crippen LogP) is 1.33. The predicted molar refractivity (Wildman–Crippen MR) is 77.2 cm³/mol. The van der Waals surface area contributed by atoms with E-state index in [0.29, 0.717) is 16.4 Å². The summed E-state index contributed by atoms with van der Waals surface area (Å²) in [7, 11) is -4.75. The van der Waals surface area contributed by atoms with Crippen molar-refractivity contribution in [3.05, 3.63) is 35.9 Å². The van der Waals surface area contributed by atoms with Crippen LogP contribution in [0.15, 0.2) is 30.9 Å². The maximum absolute atomic E-state index is 13.0. The van der Waals surface area contributed by atoms with E-state index in [1.165, 1.54) is 28.3 Å². The fourth-order valence-corrected chi connectivity index (χ4v) is 3.23. The second-order valence-electron chi connectivity index (χ2n) is 4.78. The molecule has 2 aromatic rings. The molecule has 0 N–H and O–H groups in total. The van der Waals surface area contributed by atoms with Crippen LogP contribution >= 0.6 is 11.6 Å². The van der Waals surface area contributed by atoms with E-state index < -0.39 is 21.4 Å². The van der Waals surface area contributed by atoms with Crippen LogP contribution in [0.4, 0.5) is 9.57 Å². The van der Waals surface area contributed by atoms with Gasteiger partial charge in [-0.2, -0.15) is 13.5 Å². The van der Waals surface area contributed by atoms with E-state index in [-0.39, 0.29) is 13.0 Å². The van der Waals surface area contributed by atoms with E-state index >= 15 is 0 Å². The number of amides is 1. The Bertz CT molecular complexity index is 825. The van der Waals surface area contributed by atoms with Gasteiger partial charge in [-0.05, 0) is 18.2 Å². The maximum Gasteiger partial charge on any atom is 0.307 e. The van der Waals surface area contributed by atoms with E-state index in [1.807, 2.05) is 0 Å². The standard InChI is InChI=1S/C12H10ClFN4O3S/c13-10-3-8(1-2-11(10)18-7-15-6-16-18)17-5-9(4-12(17)19)22(14,20)21/h1-3,6-7,9H,4-5H2. The Balaban J connectivity index is 1.90. The van der Waals surface area contributed by atoms with E-state index in [4.69, 9.17) is 11.6 Å². The van der Waals surface area contributed by atoms with Gasteiger partial charge in [0.25, 0.3) is 0 Å². The van der Waals surface area contributed by atoms with Crippen molar-refractivity contribution in [3.8, 4) is 5.69 Å². The van der Waals surface area contributed by atoms with Gasteiger partial charge < -0.3 is 4.90 Å². The molecule has 1 saturated heterocycles. The largest absolute Gasteiger partial charge is 0.311 e. The molecule has 1 aromatic heterocycles. The van der Waals surface area contributed by atoms with E-state index in [9.17, 15) is 17.1 Å². The Morgan fingerprint density at radius 1 is 1.36 bits per heavy atom. The molecule has 7 nitrogen and oxygen atoms in total. The zero-order valence-corrected chi connectivity index (χ0v) is 12.6. The average Bonchev–Trinajstić information content (AvgIpc) is 3.07. The minimum absolute atomic E-state index is 0.226. The van der Waals surface area contributed by atoms with Crippen molar-refractivity contribution in [3.63, 3.8) is 0 Å². The first kappa shape index (κ1) is 14.9. The molecule has 2 heterocycles. The van der Waals surface area contributed by atoms with Crippen molar-refractivity contribution < 1.29 is 17.1 Å². The van der Waals surface area contributed by atoms with Gasteiger partial charge >= 0.3 is 10.2 Å². The number of anilines is 1. The molecule has 3 rings (SSSR count). The van der Waals surface area contributed by atoms with Gasteiger partial charge in [0.05, 0.1) is 10.7 Å². The molecule has 22 heavy (non-hydrogen) atoms. The Morgan fingerprint density at radius 2 is 2.14 bits per heavy atom. The highest BCUT2D eigenvalue weighted by molar-refractivity contribution is 7.87. The fraction of sp³-hybridized carbons (Fsp3) is 0.250. The van der Waals surface area contributed by atoms with Crippen molar-refractivity contribution in [1.29, 1.82) is 0 Å². The summed E-state index contributed by atoms with van der Waals surface area (Å²) >= 11 is 6.15. The lowest BCUT2D eigenvalue weighted by molar-refractivity contribution is -0.117. The molecular weight excluding hydrogens is 335 g/mol. The number of hydrogen-bond acceptors (Lipinski definition) is 5. The van der Waals surface area contributed by atoms with Crippen LogP contribution in [0.2, 0.25) is 5.02 Å². The second-order valence-corrected chi connectivity index (χ2v) is 6.81. The fourth-order valence-electron chi connectivity index (χ4n) is 2.30. The Kier molecular flexibility index (Phi) is 3.61. The third-order valence-corrected chi connectivity index (χ3v) is 4.81. The van der Waals surface area contributed by atoms with Crippen molar-refractivity contribution in [2.45, 2.75) is 11.7 Å². The highest BCUT2D eigenvalue weighted by Gasteiger charge is 2.39. The third-order valence-electron chi connectivity index (χ3n) is 3.40. The van der Waals surface area contributed by atoms with Gasteiger partial charge in [0.15, 0.2) is 0 Å². The molecular formula is C12H10ClFN4O3S. The quantitative estimate of drug-likeness (QED) is 0.784. The van der Waals surface area contributed by atoms with Gasteiger partial charge in [0.1, 0.15) is 17.9 Å². The molecule has 1 aliphatic rings. The van der Waals surface area contributed by atoms with Crippen molar-refractivity contribution >= 4 is 33.4 Å². The minimum Gasteiger partial charge on any atom is -0.311 e. The van der Waals surface area contributed by atoms with Crippen LogP contribution < -0.4 is 4.90 Å². The first-order valence-electron chi connectivity index (χ1n) is 6.24. The van der Waals surface area contributed by atoms with Crippen LogP contribution in [0.25, 0.3) is 5.69 Å². The highest BCUT2D eigenvalue weighted by Crippen LogP contribution is 2.30. The summed E-state index contributed by atoms with van der Waals surface area (Å²) in [5.41, 5.74) is 0.967. The molecule has 1 aromatic carbocycles. The maximum atomic E-state index is 13.0. The van der Waals surface area contributed by atoms with Gasteiger partial charge in [-0.3, -0.25) is 4.79 Å². The molecule has 0 spiro atoms. The lowest BCUT2D eigenvalue weighted by atomic mass is 10.2. The summed E-state index contributed by atoms with van der Waals surface area (Å²) in [6, 6.07) is 4.72. The topological polar surface area (TPSA) is 85.2 Å². The molecule has 1 atom stereocenters. The average molecular weight is 345 g/mol. The lowest BCUT2D eigenvalue weighted by Gasteiger charge is -2.17. The minimum atomic E-state index is -4.75. The zero-order chi connectivity index (χ0) is 15.9. The number of halogens is 2. The molecule has 0 bridgehead atoms. The number of nitrogens with zero attached hydrogens (tertiary/aromatic N) is 4. The Labute approximate surface area is 130 Å². The van der Waals surface area contributed by atoms with E-state index in [0.717, 1.165) is 0 Å². The molecule has 1 fully saturated rings. The summed E-state index contributed by atoms with van der Waals surface area (Å²) in [6.07, 6.45) is 2.44. The number of carbonyl (C=O) groups excluding carboxylic acids is 1. The molecule has 0 aliphatic carbocycles. The molecule has 116 valence electrons. The third kappa shape index (κ3) is 2.69. The zero-order valence-electron chi connectivity index (χ0n) is 11.1. The molecule has 1 aliphatic heterocycles. The van der Waals surface area contributed by atoms with Gasteiger partial charge in [-0.1, -0.05) is 11.6 Å². The van der Waals surface area contributed by atoms with Crippen LogP contribution in [0.5, 0.6) is 0 Å². The first-order valence-corrected chi connectivity index (χ1v) is 8.07. The summed E-state index contributed by atoms with van der Waals surface area (Å²) in [6.45, 7) is -0.226. The number of aromatic nitrogens is 3. The van der Waals surface area contributed by atoms with E-state index in [2.05, 4.69) is 10.1 Å². The number of carbonyl (C=O) groups is 1. The highest BCUT2D eigenvalue weighted by atomic mass is 35.5. The Hall–Kier alpha value is -2.00. The van der Waals surface area contributed by atoms with E-state index in [1.54, 1.807) is 12.1 Å². The van der Waals surface area contributed by atoms with Crippen molar-refractivity contribution in [2.24, 2.45) is 0 Å². The van der Waals surface area contributed by atoms with Gasteiger partial charge in [0.2, 0.25) is 5.91 Å². The molecule has 1 unspecified atom stereocenters. The molecule has 10 heteroatoms. The van der Waals surface area contributed by atoms with Crippen LogP contribution in [0, 0.1) is 0 Å². The van der Waals surface area contributed by atoms with Gasteiger partial charge in [-0.25, -0.2) is 9.67 Å². The van der Waals surface area contributed by atoms with Crippen LogP contribution in [-0.4, -0.2) is 40.9 Å².